The van der Waals surface area contributed by atoms with Gasteiger partial charge in [0.15, 0.2) is 11.5 Å². The van der Waals surface area contributed by atoms with Gasteiger partial charge in [0.05, 0.1) is 25.8 Å². The van der Waals surface area contributed by atoms with Crippen molar-refractivity contribution in [3.8, 4) is 17.2 Å². The van der Waals surface area contributed by atoms with Crippen molar-refractivity contribution in [2.75, 3.05) is 20.8 Å². The zero-order valence-corrected chi connectivity index (χ0v) is 21.1. The minimum absolute atomic E-state index is 0.0442. The fourth-order valence-electron chi connectivity index (χ4n) is 5.10. The number of fused-ring (bicyclic) bond motifs is 1. The molecule has 2 heterocycles. The number of methoxy groups -OCH3 is 2. The Bertz CT molecular complexity index is 1380. The van der Waals surface area contributed by atoms with Crippen LogP contribution in [0.15, 0.2) is 72.3 Å². The highest BCUT2D eigenvalue weighted by Gasteiger charge is 2.46. The second kappa shape index (κ2) is 10.0. The van der Waals surface area contributed by atoms with Crippen LogP contribution in [-0.4, -0.2) is 48.6 Å². The normalized spacial score (nSPS) is 20.0. The van der Waals surface area contributed by atoms with Gasteiger partial charge in [-0.15, -0.1) is 0 Å². The van der Waals surface area contributed by atoms with Crippen LogP contribution in [0.1, 0.15) is 35.2 Å². The Balaban J connectivity index is 1.60. The van der Waals surface area contributed by atoms with Crippen LogP contribution in [0.4, 0.5) is 0 Å². The molecular weight excluding hydrogens is 470 g/mol. The van der Waals surface area contributed by atoms with Gasteiger partial charge in [0.2, 0.25) is 0 Å². The topological polar surface area (TPSA) is 85.3 Å². The van der Waals surface area contributed by atoms with Crippen molar-refractivity contribution >= 4 is 17.4 Å². The minimum atomic E-state index is -0.785. The smallest absolute Gasteiger partial charge is 0.295 e. The van der Waals surface area contributed by atoms with Crippen molar-refractivity contribution in [3.63, 3.8) is 0 Å². The molecule has 2 aliphatic heterocycles. The van der Waals surface area contributed by atoms with E-state index in [1.54, 1.807) is 37.4 Å². The second-order valence-electron chi connectivity index (χ2n) is 9.30. The summed E-state index contributed by atoms with van der Waals surface area (Å²) in [7, 11) is 3.07. The average molecular weight is 500 g/mol. The first-order chi connectivity index (χ1) is 17.9. The summed E-state index contributed by atoms with van der Waals surface area (Å²) in [6.45, 7) is 2.29. The van der Waals surface area contributed by atoms with Gasteiger partial charge < -0.3 is 24.2 Å². The molecule has 3 aromatic carbocycles. The van der Waals surface area contributed by atoms with E-state index < -0.39 is 17.7 Å². The molecule has 2 unspecified atom stereocenters. The Hall–Kier alpha value is -4.26. The molecular formula is C30H29NO6. The monoisotopic (exact) mass is 499 g/mol. The van der Waals surface area contributed by atoms with Gasteiger partial charge in [0.25, 0.3) is 11.7 Å². The summed E-state index contributed by atoms with van der Waals surface area (Å²) in [6.07, 6.45) is 1.31. The number of aliphatic hydroxyl groups is 1. The van der Waals surface area contributed by atoms with E-state index in [4.69, 9.17) is 14.2 Å². The molecule has 0 radical (unpaired) electrons. The van der Waals surface area contributed by atoms with Gasteiger partial charge in [0, 0.05) is 18.5 Å². The van der Waals surface area contributed by atoms with Crippen LogP contribution in [-0.2, 0) is 22.4 Å². The third-order valence-corrected chi connectivity index (χ3v) is 6.92. The van der Waals surface area contributed by atoms with E-state index in [0.717, 1.165) is 16.9 Å². The highest BCUT2D eigenvalue weighted by atomic mass is 16.5. The van der Waals surface area contributed by atoms with Gasteiger partial charge in [-0.05, 0) is 60.4 Å². The molecule has 0 aliphatic carbocycles. The van der Waals surface area contributed by atoms with Gasteiger partial charge in [-0.25, -0.2) is 0 Å². The Kier molecular flexibility index (Phi) is 6.61. The van der Waals surface area contributed by atoms with E-state index in [0.29, 0.717) is 42.0 Å². The summed E-state index contributed by atoms with van der Waals surface area (Å²) in [5, 5.41) is 11.5. The number of ketones is 1. The number of rotatable bonds is 7. The Labute approximate surface area is 215 Å². The summed E-state index contributed by atoms with van der Waals surface area (Å²) in [5.41, 5.74) is 3.17. The third kappa shape index (κ3) is 4.53. The van der Waals surface area contributed by atoms with Gasteiger partial charge in [0.1, 0.15) is 17.6 Å². The lowest BCUT2D eigenvalue weighted by Gasteiger charge is -2.26. The number of hydrogen-bond donors (Lipinski definition) is 1. The Morgan fingerprint density at radius 3 is 2.49 bits per heavy atom. The zero-order valence-electron chi connectivity index (χ0n) is 21.1. The standard InChI is InChI=1S/C30H29NO6/c1-18-15-22-16-21(10-11-23(22)37-18)28(32)26-27(20-9-12-24(35-2)25(17-20)36-3)31(30(34)29(26)33)14-13-19-7-5-4-6-8-19/h4-12,16-18,27,32H,13-15H2,1-3H3/b28-26+. The number of nitrogens with zero attached hydrogens (tertiary/aromatic N) is 1. The lowest BCUT2D eigenvalue weighted by Crippen LogP contribution is -2.31. The number of carbonyl (C=O) groups is 2. The summed E-state index contributed by atoms with van der Waals surface area (Å²) in [5.74, 6) is 0.204. The number of aliphatic hydroxyl groups excluding tert-OH is 1. The summed E-state index contributed by atoms with van der Waals surface area (Å²) in [4.78, 5) is 28.2. The van der Waals surface area contributed by atoms with Crippen molar-refractivity contribution in [3.05, 3.63) is 94.6 Å². The maximum atomic E-state index is 13.4. The van der Waals surface area contributed by atoms with Gasteiger partial charge in [-0.3, -0.25) is 9.59 Å². The van der Waals surface area contributed by atoms with Crippen molar-refractivity contribution < 1.29 is 28.9 Å². The first-order valence-corrected chi connectivity index (χ1v) is 12.3. The first kappa shape index (κ1) is 24.4. The predicted molar refractivity (Wildman–Crippen MR) is 139 cm³/mol. The number of Topliss-reactive ketones (excluding diaryl/α,β-unsaturated/α-hetero) is 1. The maximum absolute atomic E-state index is 13.4. The van der Waals surface area contributed by atoms with E-state index >= 15 is 0 Å². The molecule has 0 bridgehead atoms. The Morgan fingerprint density at radius 1 is 1.00 bits per heavy atom. The molecule has 0 saturated carbocycles. The molecule has 1 amide bonds. The minimum Gasteiger partial charge on any atom is -0.507 e. The Morgan fingerprint density at radius 2 is 1.76 bits per heavy atom. The van der Waals surface area contributed by atoms with Crippen molar-refractivity contribution in [2.24, 2.45) is 0 Å². The zero-order chi connectivity index (χ0) is 26.1. The molecule has 1 N–H and O–H groups in total. The van der Waals surface area contributed by atoms with E-state index in [2.05, 4.69) is 0 Å². The molecule has 7 heteroatoms. The van der Waals surface area contributed by atoms with Crippen LogP contribution in [0.3, 0.4) is 0 Å². The first-order valence-electron chi connectivity index (χ1n) is 12.3. The molecule has 190 valence electrons. The fraction of sp³-hybridized carbons (Fsp3) is 0.267. The second-order valence-corrected chi connectivity index (χ2v) is 9.30. The molecule has 37 heavy (non-hydrogen) atoms. The summed E-state index contributed by atoms with van der Waals surface area (Å²) >= 11 is 0. The molecule has 0 aromatic heterocycles. The number of hydrogen-bond acceptors (Lipinski definition) is 6. The lowest BCUT2D eigenvalue weighted by molar-refractivity contribution is -0.139. The van der Waals surface area contributed by atoms with Crippen molar-refractivity contribution in [2.45, 2.75) is 31.9 Å². The van der Waals surface area contributed by atoms with Crippen molar-refractivity contribution in [1.29, 1.82) is 0 Å². The van der Waals surface area contributed by atoms with E-state index in [9.17, 15) is 14.7 Å². The molecule has 3 aromatic rings. The fourth-order valence-corrected chi connectivity index (χ4v) is 5.10. The van der Waals surface area contributed by atoms with E-state index in [-0.39, 0.29) is 17.4 Å². The highest BCUT2D eigenvalue weighted by Crippen LogP contribution is 2.42. The van der Waals surface area contributed by atoms with Gasteiger partial charge >= 0.3 is 0 Å². The summed E-state index contributed by atoms with van der Waals surface area (Å²) < 4.78 is 16.6. The number of benzene rings is 3. The van der Waals surface area contributed by atoms with Crippen LogP contribution < -0.4 is 14.2 Å². The summed E-state index contributed by atoms with van der Waals surface area (Å²) in [6, 6.07) is 19.6. The third-order valence-electron chi connectivity index (χ3n) is 6.92. The largest absolute Gasteiger partial charge is 0.507 e. The molecule has 7 nitrogen and oxygen atoms in total. The van der Waals surface area contributed by atoms with Crippen LogP contribution in [0.5, 0.6) is 17.2 Å². The molecule has 1 saturated heterocycles. The maximum Gasteiger partial charge on any atom is 0.295 e. The number of carbonyl (C=O) groups excluding carboxylic acids is 2. The SMILES string of the molecule is COc1ccc(C2/C(=C(\O)c3ccc4c(c3)CC(C)O4)C(=O)C(=O)N2CCc2ccccc2)cc1OC. The molecule has 2 aliphatic rings. The molecule has 2 atom stereocenters. The van der Waals surface area contributed by atoms with Crippen molar-refractivity contribution in [1.82, 2.24) is 4.90 Å². The van der Waals surface area contributed by atoms with E-state index in [1.165, 1.54) is 12.0 Å². The van der Waals surface area contributed by atoms with Gasteiger partial charge in [-0.2, -0.15) is 0 Å². The number of likely N-dealkylation sites (tertiary alicyclic amines) is 1. The number of amides is 1. The molecule has 1 fully saturated rings. The highest BCUT2D eigenvalue weighted by molar-refractivity contribution is 6.46. The van der Waals surface area contributed by atoms with Crippen LogP contribution in [0.2, 0.25) is 0 Å². The predicted octanol–water partition coefficient (Wildman–Crippen LogP) is 4.69. The molecule has 0 spiro atoms. The average Bonchev–Trinajstić information content (AvgIpc) is 3.42. The van der Waals surface area contributed by atoms with E-state index in [1.807, 2.05) is 43.3 Å². The lowest BCUT2D eigenvalue weighted by atomic mass is 9.94. The quantitative estimate of drug-likeness (QED) is 0.288. The van der Waals surface area contributed by atoms with Crippen LogP contribution >= 0.6 is 0 Å². The van der Waals surface area contributed by atoms with Crippen LogP contribution in [0, 0.1) is 0 Å². The number of ether oxygens (including phenoxy) is 3. The van der Waals surface area contributed by atoms with Crippen LogP contribution in [0.25, 0.3) is 5.76 Å². The van der Waals surface area contributed by atoms with Gasteiger partial charge in [-0.1, -0.05) is 36.4 Å². The molecule has 5 rings (SSSR count).